The molecule has 2 aliphatic carbocycles. The lowest BCUT2D eigenvalue weighted by Crippen LogP contribution is -2.56. The quantitative estimate of drug-likeness (QED) is 0.107. The van der Waals surface area contributed by atoms with E-state index >= 15 is 0 Å². The SMILES string of the molecule is COc1ccc2c(O[C@@H]3C[C@H]4C(=O)N[C@]5(P(=O)(O)Cc6c(F)cccc6F)C[C@H]5CCCCCOC[C@H](NC(=O)OC5CCCC5)C(=O)N4C3)cc(-c3csc(NC(C)C)n3)nc2c1. The number of anilines is 1. The van der Waals surface area contributed by atoms with Gasteiger partial charge in [0, 0.05) is 47.5 Å². The average Bonchev–Trinajstić information content (AvgIpc) is 3.67. The lowest BCUT2D eigenvalue weighted by atomic mass is 10.1. The summed E-state index contributed by atoms with van der Waals surface area (Å²) in [4.78, 5) is 65.6. The number of thiazole rings is 1. The zero-order valence-electron chi connectivity index (χ0n) is 36.1. The molecule has 4 N–H and O–H groups in total. The maximum atomic E-state index is 14.9. The third kappa shape index (κ3) is 9.99. The fraction of sp³-hybridized carbons (Fsp3) is 0.533. The molecule has 2 aromatic heterocycles. The molecular formula is C45H55F2N6O9PS. The van der Waals surface area contributed by atoms with Crippen LogP contribution in [0.25, 0.3) is 22.3 Å². The number of pyridine rings is 1. The van der Waals surface area contributed by atoms with Crippen molar-refractivity contribution in [3.63, 3.8) is 0 Å². The van der Waals surface area contributed by atoms with Crippen LogP contribution < -0.4 is 25.4 Å². The van der Waals surface area contributed by atoms with Crippen LogP contribution in [0.3, 0.4) is 0 Å². The monoisotopic (exact) mass is 924 g/mol. The summed E-state index contributed by atoms with van der Waals surface area (Å²) >= 11 is 1.43. The van der Waals surface area contributed by atoms with Gasteiger partial charge in [-0.15, -0.1) is 11.3 Å². The number of nitrogens with zero attached hydrogens (tertiary/aromatic N) is 3. The van der Waals surface area contributed by atoms with Crippen LogP contribution in [0.2, 0.25) is 0 Å². The molecule has 8 rings (SSSR count). The third-order valence-electron chi connectivity index (χ3n) is 12.6. The molecule has 2 saturated carbocycles. The molecule has 2 saturated heterocycles. The van der Waals surface area contributed by atoms with Gasteiger partial charge in [-0.25, -0.2) is 23.5 Å². The molecular weight excluding hydrogens is 870 g/mol. The number of amides is 3. The Kier molecular flexibility index (Phi) is 13.8. The lowest BCUT2D eigenvalue weighted by molar-refractivity contribution is -0.141. The minimum Gasteiger partial charge on any atom is -0.497 e. The van der Waals surface area contributed by atoms with Crippen molar-refractivity contribution in [3.05, 3.63) is 65.0 Å². The Morgan fingerprint density at radius 3 is 2.56 bits per heavy atom. The Hall–Kier alpha value is -4.90. The summed E-state index contributed by atoms with van der Waals surface area (Å²) < 4.78 is 68.3. The van der Waals surface area contributed by atoms with Crippen molar-refractivity contribution in [1.29, 1.82) is 0 Å². The van der Waals surface area contributed by atoms with Crippen LogP contribution in [-0.4, -0.2) is 100 Å². The first kappa shape index (κ1) is 45.7. The van der Waals surface area contributed by atoms with Gasteiger partial charge in [0.25, 0.3) is 0 Å². The summed E-state index contributed by atoms with van der Waals surface area (Å²) in [6.45, 7) is 3.99. The second kappa shape index (κ2) is 19.3. The molecule has 4 aliphatic rings. The van der Waals surface area contributed by atoms with Gasteiger partial charge in [0.15, 0.2) is 5.13 Å². The number of rotatable bonds is 11. The van der Waals surface area contributed by atoms with Gasteiger partial charge in [-0.3, -0.25) is 14.2 Å². The fourth-order valence-electron chi connectivity index (χ4n) is 9.13. The van der Waals surface area contributed by atoms with Gasteiger partial charge in [-0.1, -0.05) is 18.9 Å². The van der Waals surface area contributed by atoms with Gasteiger partial charge in [-0.2, -0.15) is 0 Å². The molecule has 4 heterocycles. The maximum absolute atomic E-state index is 14.9. The van der Waals surface area contributed by atoms with Gasteiger partial charge in [0.05, 0.1) is 37.6 Å². The van der Waals surface area contributed by atoms with Gasteiger partial charge >= 0.3 is 6.09 Å². The number of alkyl carbamates (subject to hydrolysis) is 1. The highest BCUT2D eigenvalue weighted by Gasteiger charge is 2.66. The van der Waals surface area contributed by atoms with Crippen LogP contribution in [-0.2, 0) is 29.8 Å². The van der Waals surface area contributed by atoms with Crippen molar-refractivity contribution in [2.45, 2.75) is 120 Å². The smallest absolute Gasteiger partial charge is 0.408 e. The van der Waals surface area contributed by atoms with Crippen molar-refractivity contribution in [2.24, 2.45) is 5.92 Å². The number of nitrogens with one attached hydrogen (secondary N) is 3. The zero-order chi connectivity index (χ0) is 45.2. The van der Waals surface area contributed by atoms with E-state index in [0.717, 1.165) is 25.0 Å². The van der Waals surface area contributed by atoms with Gasteiger partial charge < -0.3 is 44.7 Å². The molecule has 1 unspecified atom stereocenters. The first-order valence-corrected chi connectivity index (χ1v) is 24.8. The Balaban J connectivity index is 1.13. The summed E-state index contributed by atoms with van der Waals surface area (Å²) in [6, 6.07) is 7.99. The van der Waals surface area contributed by atoms with Crippen molar-refractivity contribution in [3.8, 4) is 22.9 Å². The molecule has 344 valence electrons. The molecule has 2 aliphatic heterocycles. The van der Waals surface area contributed by atoms with Crippen LogP contribution >= 0.6 is 18.7 Å². The maximum Gasteiger partial charge on any atom is 0.408 e. The number of halogens is 2. The van der Waals surface area contributed by atoms with Crippen LogP contribution in [0.5, 0.6) is 11.5 Å². The van der Waals surface area contributed by atoms with E-state index in [1.165, 1.54) is 22.3 Å². The summed E-state index contributed by atoms with van der Waals surface area (Å²) in [5, 5.41) is 10.4. The summed E-state index contributed by atoms with van der Waals surface area (Å²) in [5.74, 6) is -2.79. The van der Waals surface area contributed by atoms with Gasteiger partial charge in [0.1, 0.15) is 58.4 Å². The highest BCUT2D eigenvalue weighted by molar-refractivity contribution is 7.59. The second-order valence-corrected chi connectivity index (χ2v) is 20.9. The minimum atomic E-state index is -4.57. The number of hydrogen-bond acceptors (Lipinski definition) is 12. The summed E-state index contributed by atoms with van der Waals surface area (Å²) in [7, 11) is -3.01. The zero-order valence-corrected chi connectivity index (χ0v) is 37.9. The molecule has 4 aromatic rings. The van der Waals surface area contributed by atoms with E-state index < -0.39 is 78.0 Å². The molecule has 3 amide bonds. The molecule has 6 atom stereocenters. The first-order valence-electron chi connectivity index (χ1n) is 22.0. The number of ether oxygens (including phenoxy) is 4. The van der Waals surface area contributed by atoms with E-state index in [4.69, 9.17) is 28.9 Å². The second-order valence-electron chi connectivity index (χ2n) is 17.5. The van der Waals surface area contributed by atoms with Crippen LogP contribution in [0.1, 0.15) is 83.6 Å². The molecule has 4 fully saturated rings. The molecule has 2 aromatic carbocycles. The van der Waals surface area contributed by atoms with E-state index in [9.17, 15) is 32.6 Å². The van der Waals surface area contributed by atoms with Crippen molar-refractivity contribution < 1.29 is 51.6 Å². The van der Waals surface area contributed by atoms with Gasteiger partial charge in [-0.05, 0) is 89.0 Å². The molecule has 64 heavy (non-hydrogen) atoms. The number of carbonyl (C=O) groups is 3. The van der Waals surface area contributed by atoms with Crippen LogP contribution in [0.15, 0.2) is 47.8 Å². The Labute approximate surface area is 374 Å². The largest absolute Gasteiger partial charge is 0.497 e. The molecule has 19 heteroatoms. The normalized spacial score (nSPS) is 25.4. The van der Waals surface area contributed by atoms with E-state index in [2.05, 4.69) is 16.0 Å². The summed E-state index contributed by atoms with van der Waals surface area (Å²) in [6.07, 6.45) is 3.02. The number of benzene rings is 2. The van der Waals surface area contributed by atoms with E-state index in [1.807, 2.05) is 19.2 Å². The number of carbonyl (C=O) groups excluding carboxylic acids is 3. The Morgan fingerprint density at radius 1 is 1.05 bits per heavy atom. The Morgan fingerprint density at radius 2 is 1.81 bits per heavy atom. The van der Waals surface area contributed by atoms with Crippen molar-refractivity contribution in [2.75, 3.05) is 32.2 Å². The fourth-order valence-corrected chi connectivity index (χ4v) is 12.5. The van der Waals surface area contributed by atoms with Crippen molar-refractivity contribution >= 4 is 52.6 Å². The van der Waals surface area contributed by atoms with E-state index in [-0.39, 0.29) is 44.7 Å². The third-order valence-corrected chi connectivity index (χ3v) is 16.0. The number of methoxy groups -OCH3 is 1. The van der Waals surface area contributed by atoms with Gasteiger partial charge in [0.2, 0.25) is 19.2 Å². The highest BCUT2D eigenvalue weighted by atomic mass is 32.1. The van der Waals surface area contributed by atoms with Crippen LogP contribution in [0, 0.1) is 17.6 Å². The molecule has 0 spiro atoms. The molecule has 15 nitrogen and oxygen atoms in total. The van der Waals surface area contributed by atoms with E-state index in [1.54, 1.807) is 31.4 Å². The number of aromatic nitrogens is 2. The standard InChI is InChI=1S/C45H55F2N6O9PS/c1-26(2)48-43-50-38(25-64-43)36-20-40(31-16-15-29(59-3)18-35(31)49-36)61-30-19-39-41(54)52-45(63(57,58)24-32-33(46)13-9-14-34(32)47)21-27(45)10-5-4-8-17-60-23-37(42(55)53(39)22-30)51-44(56)62-28-11-6-7-12-28/h9,13-16,18,20,25-28,30,37,39H,4-8,10-12,17,19,21-24H2,1-3H3,(H,48,50)(H,51,56)(H,52,54)(H,57,58)/t27-,30-,37+,39+,45+/m1/s1. The molecule has 0 radical (unpaired) electrons. The number of fused-ring (bicyclic) bond motifs is 3. The highest BCUT2D eigenvalue weighted by Crippen LogP contribution is 2.71. The predicted molar refractivity (Wildman–Crippen MR) is 237 cm³/mol. The van der Waals surface area contributed by atoms with E-state index in [0.29, 0.717) is 77.4 Å². The summed E-state index contributed by atoms with van der Waals surface area (Å²) in [5.41, 5.74) is 1.13. The molecule has 0 bridgehead atoms. The Bertz CT molecular complexity index is 2400. The predicted octanol–water partition coefficient (Wildman–Crippen LogP) is 7.74. The first-order chi connectivity index (χ1) is 30.7. The number of hydrogen-bond donors (Lipinski definition) is 4. The van der Waals surface area contributed by atoms with Crippen molar-refractivity contribution in [1.82, 2.24) is 25.5 Å². The average molecular weight is 925 g/mol. The topological polar surface area (TPSA) is 191 Å². The minimum absolute atomic E-state index is 0.0510. The van der Waals surface area contributed by atoms with Crippen LogP contribution in [0.4, 0.5) is 18.7 Å². The lowest BCUT2D eigenvalue weighted by Gasteiger charge is -2.31.